The largest absolute Gasteiger partial charge is 0.376 e. The Kier molecular flexibility index (Phi) is 6.69. The van der Waals surface area contributed by atoms with E-state index in [-0.39, 0.29) is 12.0 Å². The summed E-state index contributed by atoms with van der Waals surface area (Å²) in [6.07, 6.45) is 5.89. The molecule has 1 amide bonds. The molecule has 7 heteroatoms. The third kappa shape index (κ3) is 5.26. The zero-order chi connectivity index (χ0) is 22.5. The zero-order valence-corrected chi connectivity index (χ0v) is 19.1. The molecule has 0 spiro atoms. The summed E-state index contributed by atoms with van der Waals surface area (Å²) in [4.78, 5) is 21.6. The van der Waals surface area contributed by atoms with Crippen LogP contribution in [0.2, 0.25) is 0 Å². The van der Waals surface area contributed by atoms with Gasteiger partial charge in [-0.2, -0.15) is 0 Å². The molecule has 6 nitrogen and oxygen atoms in total. The first kappa shape index (κ1) is 21.7. The number of thioether (sulfide) groups is 1. The van der Waals surface area contributed by atoms with Crippen molar-refractivity contribution < 1.29 is 9.53 Å². The predicted molar refractivity (Wildman–Crippen MR) is 130 cm³/mol. The monoisotopic (exact) mass is 458 g/mol. The summed E-state index contributed by atoms with van der Waals surface area (Å²) < 4.78 is 7.79. The van der Waals surface area contributed by atoms with E-state index in [4.69, 9.17) is 9.72 Å². The van der Waals surface area contributed by atoms with Crippen molar-refractivity contribution in [2.24, 2.45) is 0 Å². The van der Waals surface area contributed by atoms with Crippen LogP contribution in [-0.4, -0.2) is 39.7 Å². The molecule has 0 aliphatic carbocycles. The van der Waals surface area contributed by atoms with Gasteiger partial charge in [0, 0.05) is 30.7 Å². The fourth-order valence-electron chi connectivity index (χ4n) is 3.99. The summed E-state index contributed by atoms with van der Waals surface area (Å²) >= 11 is 1.69. The average molecular weight is 459 g/mol. The number of carbonyl (C=O) groups is 1. The third-order valence-corrected chi connectivity index (χ3v) is 6.84. The summed E-state index contributed by atoms with van der Waals surface area (Å²) in [5.41, 5.74) is 5.01. The molecule has 0 radical (unpaired) electrons. The first-order valence-corrected chi connectivity index (χ1v) is 12.2. The minimum atomic E-state index is -0.0538. The molecular weight excluding hydrogens is 432 g/mol. The normalized spacial score (nSPS) is 15.7. The van der Waals surface area contributed by atoms with Crippen LogP contribution in [0.3, 0.4) is 0 Å². The number of nitrogens with zero attached hydrogens (tertiary/aromatic N) is 3. The molecule has 1 N–H and O–H groups in total. The van der Waals surface area contributed by atoms with Crippen molar-refractivity contribution in [3.05, 3.63) is 89.7 Å². The van der Waals surface area contributed by atoms with Gasteiger partial charge in [-0.1, -0.05) is 54.2 Å². The Labute approximate surface area is 197 Å². The standard InChI is InChI=1S/C26H26N4O2S/c31-25(28-15-22-7-4-14-32-22)21-10-8-20(9-11-21)18-33-26-29-23-12-13-27-16-24(23)30(26)17-19-5-2-1-3-6-19/h1-3,5-6,8-13,16,22H,4,7,14-15,17-18H2,(H,28,31). The molecule has 168 valence electrons. The lowest BCUT2D eigenvalue weighted by Crippen LogP contribution is -2.31. The summed E-state index contributed by atoms with van der Waals surface area (Å²) in [5, 5.41) is 3.93. The van der Waals surface area contributed by atoms with Crippen molar-refractivity contribution in [2.45, 2.75) is 36.4 Å². The number of fused-ring (bicyclic) bond motifs is 1. The topological polar surface area (TPSA) is 69.0 Å². The molecule has 3 heterocycles. The molecule has 1 aliphatic heterocycles. The van der Waals surface area contributed by atoms with Crippen LogP contribution in [0.1, 0.15) is 34.3 Å². The Morgan fingerprint density at radius 1 is 1.09 bits per heavy atom. The van der Waals surface area contributed by atoms with E-state index in [0.29, 0.717) is 12.1 Å². The molecule has 2 aromatic carbocycles. The number of aromatic nitrogens is 3. The quantitative estimate of drug-likeness (QED) is 0.388. The minimum absolute atomic E-state index is 0.0538. The molecule has 5 rings (SSSR count). The van der Waals surface area contributed by atoms with Crippen molar-refractivity contribution in [3.8, 4) is 0 Å². The van der Waals surface area contributed by atoms with E-state index >= 15 is 0 Å². The minimum Gasteiger partial charge on any atom is -0.376 e. The summed E-state index contributed by atoms with van der Waals surface area (Å²) in [6, 6.07) is 20.1. The van der Waals surface area contributed by atoms with Gasteiger partial charge in [-0.15, -0.1) is 0 Å². The first-order valence-electron chi connectivity index (χ1n) is 11.2. The second-order valence-corrected chi connectivity index (χ2v) is 9.10. The van der Waals surface area contributed by atoms with Crippen molar-refractivity contribution in [1.29, 1.82) is 0 Å². The highest BCUT2D eigenvalue weighted by Crippen LogP contribution is 2.27. The van der Waals surface area contributed by atoms with Gasteiger partial charge in [-0.25, -0.2) is 4.98 Å². The number of imidazole rings is 1. The highest BCUT2D eigenvalue weighted by Gasteiger charge is 2.17. The fourth-order valence-corrected chi connectivity index (χ4v) is 4.96. The van der Waals surface area contributed by atoms with Crippen LogP contribution in [0.25, 0.3) is 11.0 Å². The molecule has 1 atom stereocenters. The number of rotatable bonds is 8. The number of carbonyl (C=O) groups excluding carboxylic acids is 1. The Bertz CT molecular complexity index is 1220. The van der Waals surface area contributed by atoms with Crippen molar-refractivity contribution in [1.82, 2.24) is 19.9 Å². The van der Waals surface area contributed by atoms with Crippen molar-refractivity contribution in [2.75, 3.05) is 13.2 Å². The molecular formula is C26H26N4O2S. The Hall–Kier alpha value is -3.16. The zero-order valence-electron chi connectivity index (χ0n) is 18.3. The number of ether oxygens (including phenoxy) is 1. The number of amides is 1. The lowest BCUT2D eigenvalue weighted by atomic mass is 10.1. The van der Waals surface area contributed by atoms with E-state index in [2.05, 4.69) is 39.1 Å². The first-order chi connectivity index (χ1) is 16.3. The molecule has 2 aromatic heterocycles. The van der Waals surface area contributed by atoms with Gasteiger partial charge in [0.05, 0.1) is 29.9 Å². The Morgan fingerprint density at radius 3 is 2.73 bits per heavy atom. The molecule has 1 fully saturated rings. The van der Waals surface area contributed by atoms with Gasteiger partial charge in [-0.3, -0.25) is 9.78 Å². The smallest absolute Gasteiger partial charge is 0.251 e. The summed E-state index contributed by atoms with van der Waals surface area (Å²) in [7, 11) is 0. The lowest BCUT2D eigenvalue weighted by Gasteiger charge is -2.11. The molecule has 4 aromatic rings. The summed E-state index contributed by atoms with van der Waals surface area (Å²) in [5.74, 6) is 0.713. The molecule has 1 saturated heterocycles. The van der Waals surface area contributed by atoms with Crippen molar-refractivity contribution >= 4 is 28.7 Å². The van der Waals surface area contributed by atoms with Gasteiger partial charge in [0.2, 0.25) is 0 Å². The van der Waals surface area contributed by atoms with Gasteiger partial charge in [0.25, 0.3) is 5.91 Å². The number of pyridine rings is 1. The third-order valence-electron chi connectivity index (χ3n) is 5.80. The van der Waals surface area contributed by atoms with Crippen LogP contribution in [-0.2, 0) is 17.0 Å². The molecule has 0 saturated carbocycles. The lowest BCUT2D eigenvalue weighted by molar-refractivity contribution is 0.0858. The van der Waals surface area contributed by atoms with Gasteiger partial charge >= 0.3 is 0 Å². The van der Waals surface area contributed by atoms with Gasteiger partial charge in [-0.05, 0) is 42.2 Å². The maximum atomic E-state index is 12.4. The van der Waals surface area contributed by atoms with Crippen molar-refractivity contribution in [3.63, 3.8) is 0 Å². The van der Waals surface area contributed by atoms with Crippen LogP contribution >= 0.6 is 11.8 Å². The molecule has 0 bridgehead atoms. The number of benzene rings is 2. The van der Waals surface area contributed by atoms with Crippen LogP contribution < -0.4 is 5.32 Å². The van der Waals surface area contributed by atoms with E-state index in [1.807, 2.05) is 42.6 Å². The van der Waals surface area contributed by atoms with Gasteiger partial charge in [0.1, 0.15) is 0 Å². The van der Waals surface area contributed by atoms with E-state index in [9.17, 15) is 4.79 Å². The highest BCUT2D eigenvalue weighted by atomic mass is 32.2. The van der Waals surface area contributed by atoms with E-state index in [1.165, 1.54) is 5.56 Å². The maximum absolute atomic E-state index is 12.4. The van der Waals surface area contributed by atoms with E-state index in [1.54, 1.807) is 18.0 Å². The molecule has 1 unspecified atom stereocenters. The van der Waals surface area contributed by atoms with E-state index < -0.39 is 0 Å². The van der Waals surface area contributed by atoms with Crippen LogP contribution in [0.15, 0.2) is 78.2 Å². The van der Waals surface area contributed by atoms with Crippen LogP contribution in [0.5, 0.6) is 0 Å². The highest BCUT2D eigenvalue weighted by molar-refractivity contribution is 7.98. The predicted octanol–water partition coefficient (Wildman–Crippen LogP) is 4.68. The number of hydrogen-bond donors (Lipinski definition) is 1. The summed E-state index contributed by atoms with van der Waals surface area (Å²) in [6.45, 7) is 2.11. The molecule has 1 aliphatic rings. The fraction of sp³-hybridized carbons (Fsp3) is 0.269. The van der Waals surface area contributed by atoms with E-state index in [0.717, 1.165) is 53.5 Å². The Balaban J connectivity index is 1.25. The number of nitrogens with one attached hydrogen (secondary N) is 1. The molecule has 33 heavy (non-hydrogen) atoms. The second-order valence-electron chi connectivity index (χ2n) is 8.16. The Morgan fingerprint density at radius 2 is 1.94 bits per heavy atom. The SMILES string of the molecule is O=C(NCC1CCCO1)c1ccc(CSc2nc3ccncc3n2Cc2ccccc2)cc1. The van der Waals surface area contributed by atoms with Gasteiger partial charge in [0.15, 0.2) is 5.16 Å². The second kappa shape index (κ2) is 10.2. The van der Waals surface area contributed by atoms with Crippen LogP contribution in [0, 0.1) is 0 Å². The van der Waals surface area contributed by atoms with Crippen LogP contribution in [0.4, 0.5) is 0 Å². The maximum Gasteiger partial charge on any atom is 0.251 e. The number of hydrogen-bond acceptors (Lipinski definition) is 5. The van der Waals surface area contributed by atoms with Gasteiger partial charge < -0.3 is 14.6 Å². The average Bonchev–Trinajstić information content (AvgIpc) is 3.50.